The van der Waals surface area contributed by atoms with Crippen LogP contribution in [0, 0.1) is 5.92 Å². The van der Waals surface area contributed by atoms with E-state index in [1.807, 2.05) is 6.07 Å². The monoisotopic (exact) mass is 288 g/mol. The Morgan fingerprint density at radius 3 is 2.47 bits per heavy atom. The van der Waals surface area contributed by atoms with Crippen molar-refractivity contribution in [3.05, 3.63) is 34.3 Å². The summed E-state index contributed by atoms with van der Waals surface area (Å²) in [6.45, 7) is 4.43. The maximum atomic E-state index is 6.42. The van der Waals surface area contributed by atoms with E-state index < -0.39 is 0 Å². The van der Waals surface area contributed by atoms with Crippen LogP contribution in [0.15, 0.2) is 28.7 Å². The maximum Gasteiger partial charge on any atom is 0.0404 e. The minimum absolute atomic E-state index is 0.259. The molecule has 0 amide bonds. The lowest BCUT2D eigenvalue weighted by Gasteiger charge is -2.19. The zero-order valence-electron chi connectivity index (χ0n) is 9.34. The molecule has 0 bridgehead atoms. The minimum Gasteiger partial charge on any atom is -0.122 e. The van der Waals surface area contributed by atoms with E-state index in [1.165, 1.54) is 18.4 Å². The number of halogens is 2. The summed E-state index contributed by atoms with van der Waals surface area (Å²) in [6.07, 6.45) is 3.30. The van der Waals surface area contributed by atoms with E-state index in [9.17, 15) is 0 Å². The number of hydrogen-bond acceptors (Lipinski definition) is 0. The predicted molar refractivity (Wildman–Crippen MR) is 71.6 cm³/mol. The molecule has 15 heavy (non-hydrogen) atoms. The number of alkyl halides is 1. The lowest BCUT2D eigenvalue weighted by molar-refractivity contribution is 0.464. The van der Waals surface area contributed by atoms with Gasteiger partial charge in [0.1, 0.15) is 0 Å². The van der Waals surface area contributed by atoms with E-state index in [0.29, 0.717) is 5.92 Å². The highest BCUT2D eigenvalue weighted by molar-refractivity contribution is 9.10. The third-order valence-electron chi connectivity index (χ3n) is 2.88. The summed E-state index contributed by atoms with van der Waals surface area (Å²) in [5.41, 5.74) is 1.32. The van der Waals surface area contributed by atoms with Crippen molar-refractivity contribution in [2.45, 2.75) is 38.5 Å². The van der Waals surface area contributed by atoms with Crippen LogP contribution < -0.4 is 0 Å². The molecule has 0 aliphatic heterocycles. The molecule has 1 atom stereocenters. The Kier molecular flexibility index (Phi) is 5.70. The van der Waals surface area contributed by atoms with Crippen molar-refractivity contribution in [3.8, 4) is 0 Å². The third kappa shape index (κ3) is 4.16. The highest BCUT2D eigenvalue weighted by Gasteiger charge is 2.15. The minimum atomic E-state index is 0.259. The van der Waals surface area contributed by atoms with Crippen LogP contribution in [0.5, 0.6) is 0 Å². The molecule has 0 saturated carbocycles. The largest absolute Gasteiger partial charge is 0.122 e. The van der Waals surface area contributed by atoms with Gasteiger partial charge in [-0.05, 0) is 30.0 Å². The van der Waals surface area contributed by atoms with Gasteiger partial charge in [0.25, 0.3) is 0 Å². The van der Waals surface area contributed by atoms with Crippen LogP contribution in [0.4, 0.5) is 0 Å². The first-order valence-corrected chi connectivity index (χ1v) is 6.78. The quantitative estimate of drug-likeness (QED) is 0.667. The van der Waals surface area contributed by atoms with Gasteiger partial charge in [-0.2, -0.15) is 0 Å². The molecular weight excluding hydrogens is 272 g/mol. The molecule has 0 aliphatic rings. The first-order chi connectivity index (χ1) is 7.17. The summed E-state index contributed by atoms with van der Waals surface area (Å²) in [7, 11) is 0. The van der Waals surface area contributed by atoms with Crippen LogP contribution in [-0.2, 0) is 6.42 Å². The second-order valence-electron chi connectivity index (χ2n) is 3.93. The van der Waals surface area contributed by atoms with E-state index in [4.69, 9.17) is 11.6 Å². The Morgan fingerprint density at radius 2 is 1.93 bits per heavy atom. The number of rotatable bonds is 5. The Balaban J connectivity index is 2.61. The standard InChI is InChI=1S/C13H18BrCl/c1-3-11(4-2)13(15)9-10-6-5-7-12(14)8-10/h5-8,11,13H,3-4,9H2,1-2H3. The van der Waals surface area contributed by atoms with Gasteiger partial charge in [0, 0.05) is 9.85 Å². The third-order valence-corrected chi connectivity index (χ3v) is 3.88. The van der Waals surface area contributed by atoms with Crippen LogP contribution in [-0.4, -0.2) is 5.38 Å². The molecule has 1 aromatic rings. The van der Waals surface area contributed by atoms with Crippen LogP contribution in [0.1, 0.15) is 32.3 Å². The average Bonchev–Trinajstić information content (AvgIpc) is 2.19. The van der Waals surface area contributed by atoms with Gasteiger partial charge in [-0.1, -0.05) is 54.8 Å². The van der Waals surface area contributed by atoms with Gasteiger partial charge >= 0.3 is 0 Å². The molecule has 0 heterocycles. The highest BCUT2D eigenvalue weighted by atomic mass is 79.9. The van der Waals surface area contributed by atoms with Crippen LogP contribution in [0.25, 0.3) is 0 Å². The molecule has 0 fully saturated rings. The Bertz CT molecular complexity index is 294. The lowest BCUT2D eigenvalue weighted by atomic mass is 9.94. The summed E-state index contributed by atoms with van der Waals surface area (Å²) < 4.78 is 1.13. The fraction of sp³-hybridized carbons (Fsp3) is 0.538. The molecule has 0 spiro atoms. The van der Waals surface area contributed by atoms with E-state index in [-0.39, 0.29) is 5.38 Å². The fourth-order valence-electron chi connectivity index (χ4n) is 1.86. The van der Waals surface area contributed by atoms with Crippen molar-refractivity contribution in [2.24, 2.45) is 5.92 Å². The molecule has 0 N–H and O–H groups in total. The molecule has 2 heteroatoms. The first-order valence-electron chi connectivity index (χ1n) is 5.55. The Labute approximate surface area is 106 Å². The molecule has 1 unspecified atom stereocenters. The second kappa shape index (κ2) is 6.55. The number of benzene rings is 1. The molecule has 84 valence electrons. The van der Waals surface area contributed by atoms with Crippen LogP contribution >= 0.6 is 27.5 Å². The normalized spacial score (nSPS) is 13.1. The predicted octanol–water partition coefficient (Wildman–Crippen LogP) is 5.04. The van der Waals surface area contributed by atoms with Gasteiger partial charge in [0.05, 0.1) is 0 Å². The van der Waals surface area contributed by atoms with Gasteiger partial charge in [-0.25, -0.2) is 0 Å². The van der Waals surface area contributed by atoms with Crippen LogP contribution in [0.3, 0.4) is 0 Å². The Morgan fingerprint density at radius 1 is 1.27 bits per heavy atom. The summed E-state index contributed by atoms with van der Waals surface area (Å²) in [4.78, 5) is 0. The van der Waals surface area contributed by atoms with Crippen LogP contribution in [0.2, 0.25) is 0 Å². The van der Waals surface area contributed by atoms with E-state index >= 15 is 0 Å². The number of hydrogen-bond donors (Lipinski definition) is 0. The van der Waals surface area contributed by atoms with Crippen molar-refractivity contribution >= 4 is 27.5 Å². The molecular formula is C13H18BrCl. The highest BCUT2D eigenvalue weighted by Crippen LogP contribution is 2.23. The van der Waals surface area contributed by atoms with E-state index in [2.05, 4.69) is 48.0 Å². The topological polar surface area (TPSA) is 0 Å². The van der Waals surface area contributed by atoms with Gasteiger partial charge < -0.3 is 0 Å². The van der Waals surface area contributed by atoms with Gasteiger partial charge in [0.15, 0.2) is 0 Å². The molecule has 0 saturated heterocycles. The molecule has 0 radical (unpaired) electrons. The van der Waals surface area contributed by atoms with Gasteiger partial charge in [0.2, 0.25) is 0 Å². The summed E-state index contributed by atoms with van der Waals surface area (Å²) in [6, 6.07) is 8.40. The lowest BCUT2D eigenvalue weighted by Crippen LogP contribution is -2.16. The Hall–Kier alpha value is -0.0100. The molecule has 0 aliphatic carbocycles. The summed E-state index contributed by atoms with van der Waals surface area (Å²) >= 11 is 9.90. The zero-order valence-corrected chi connectivity index (χ0v) is 11.7. The first kappa shape index (κ1) is 13.1. The van der Waals surface area contributed by atoms with Crippen molar-refractivity contribution in [1.29, 1.82) is 0 Å². The van der Waals surface area contributed by atoms with Gasteiger partial charge in [-0.3, -0.25) is 0 Å². The van der Waals surface area contributed by atoms with Crippen molar-refractivity contribution in [2.75, 3.05) is 0 Å². The average molecular weight is 290 g/mol. The maximum absolute atomic E-state index is 6.42. The molecule has 1 aromatic carbocycles. The molecule has 1 rings (SSSR count). The van der Waals surface area contributed by atoms with Crippen molar-refractivity contribution in [3.63, 3.8) is 0 Å². The summed E-state index contributed by atoms with van der Waals surface area (Å²) in [5, 5.41) is 0.259. The molecule has 0 aromatic heterocycles. The van der Waals surface area contributed by atoms with Crippen molar-refractivity contribution < 1.29 is 0 Å². The smallest absolute Gasteiger partial charge is 0.0404 e. The van der Waals surface area contributed by atoms with Crippen molar-refractivity contribution in [1.82, 2.24) is 0 Å². The summed E-state index contributed by atoms with van der Waals surface area (Å²) in [5.74, 6) is 0.630. The SMILES string of the molecule is CCC(CC)C(Cl)Cc1cccc(Br)c1. The second-order valence-corrected chi connectivity index (χ2v) is 5.40. The van der Waals surface area contributed by atoms with E-state index in [0.717, 1.165) is 10.9 Å². The van der Waals surface area contributed by atoms with E-state index in [1.54, 1.807) is 0 Å². The fourth-order valence-corrected chi connectivity index (χ4v) is 2.84. The molecule has 0 nitrogen and oxygen atoms in total. The zero-order chi connectivity index (χ0) is 11.3. The van der Waals surface area contributed by atoms with Gasteiger partial charge in [-0.15, -0.1) is 11.6 Å².